The van der Waals surface area contributed by atoms with Crippen LogP contribution in [-0.2, 0) is 14.3 Å². The van der Waals surface area contributed by atoms with Crippen LogP contribution in [0.3, 0.4) is 0 Å². The van der Waals surface area contributed by atoms with Crippen LogP contribution in [0.2, 0.25) is 5.28 Å². The van der Waals surface area contributed by atoms with E-state index in [0.29, 0.717) is 24.7 Å². The molecule has 1 aromatic rings. The second-order valence-electron chi connectivity index (χ2n) is 4.91. The first-order valence-electron chi connectivity index (χ1n) is 6.26. The molecule has 1 spiro atoms. The molecule has 2 aliphatic heterocycles. The Kier molecular flexibility index (Phi) is 3.27. The maximum absolute atomic E-state index is 12.7. The first-order chi connectivity index (χ1) is 9.56. The third-order valence-electron chi connectivity index (χ3n) is 3.80. The largest absolute Gasteiger partial charge is 0.376 e. The molecule has 3 heterocycles. The Morgan fingerprint density at radius 1 is 1.30 bits per heavy atom. The minimum Gasteiger partial charge on any atom is -0.376 e. The van der Waals surface area contributed by atoms with Gasteiger partial charge in [0.1, 0.15) is 5.69 Å². The van der Waals surface area contributed by atoms with Gasteiger partial charge in [0.2, 0.25) is 5.28 Å². The number of likely N-dealkylation sites (N-methyl/N-ethyl adjacent to an activating group) is 2. The Hall–Kier alpha value is -1.44. The summed E-state index contributed by atoms with van der Waals surface area (Å²) in [6, 6.07) is 0. The smallest absolute Gasteiger partial charge is 0.257 e. The molecule has 20 heavy (non-hydrogen) atoms. The highest BCUT2D eigenvalue weighted by molar-refractivity contribution is 6.28. The van der Waals surface area contributed by atoms with Crippen LogP contribution >= 0.6 is 11.6 Å². The molecule has 3 rings (SSSR count). The Morgan fingerprint density at radius 3 is 2.60 bits per heavy atom. The number of amides is 1. The fourth-order valence-electron chi connectivity index (χ4n) is 2.56. The molecule has 0 N–H and O–H groups in total. The maximum atomic E-state index is 12.7. The number of hydrogen-bond acceptors (Lipinski definition) is 6. The number of rotatable bonds is 0. The number of anilines is 2. The molecule has 108 valence electrons. The normalized spacial score (nSPS) is 21.9. The molecular formula is C12H15ClN4O3. The minimum atomic E-state index is -0.907. The molecule has 2 aliphatic rings. The van der Waals surface area contributed by atoms with Crippen molar-refractivity contribution < 1.29 is 14.3 Å². The Bertz CT molecular complexity index is 546. The van der Waals surface area contributed by atoms with E-state index in [1.807, 2.05) is 0 Å². The van der Waals surface area contributed by atoms with Gasteiger partial charge in [0, 0.05) is 14.1 Å². The van der Waals surface area contributed by atoms with Crippen LogP contribution < -0.4 is 9.80 Å². The molecule has 7 nitrogen and oxygen atoms in total. The van der Waals surface area contributed by atoms with Gasteiger partial charge in [-0.1, -0.05) is 0 Å². The highest BCUT2D eigenvalue weighted by atomic mass is 35.5. The van der Waals surface area contributed by atoms with E-state index in [2.05, 4.69) is 9.97 Å². The van der Waals surface area contributed by atoms with Crippen LogP contribution in [0.4, 0.5) is 11.5 Å². The van der Waals surface area contributed by atoms with Crippen LogP contribution in [0.25, 0.3) is 0 Å². The summed E-state index contributed by atoms with van der Waals surface area (Å²) in [5, 5.41) is 0.143. The van der Waals surface area contributed by atoms with Crippen LogP contribution in [-0.4, -0.2) is 61.9 Å². The van der Waals surface area contributed by atoms with Crippen molar-refractivity contribution in [2.24, 2.45) is 0 Å². The first kappa shape index (κ1) is 13.5. The molecule has 0 atom stereocenters. The van der Waals surface area contributed by atoms with Gasteiger partial charge in [0.05, 0.1) is 32.6 Å². The van der Waals surface area contributed by atoms with E-state index in [4.69, 9.17) is 21.1 Å². The zero-order valence-corrected chi connectivity index (χ0v) is 12.1. The monoisotopic (exact) mass is 298 g/mol. The van der Waals surface area contributed by atoms with Crippen LogP contribution in [0.5, 0.6) is 0 Å². The summed E-state index contributed by atoms with van der Waals surface area (Å²) in [5.41, 5.74) is -0.285. The van der Waals surface area contributed by atoms with Crippen molar-refractivity contribution in [3.8, 4) is 0 Å². The average Bonchev–Trinajstić information content (AvgIpc) is 2.70. The SMILES string of the molecule is CN1C(=O)C2(COCCOC2)N(C)c2nc(Cl)ncc21. The lowest BCUT2D eigenvalue weighted by atomic mass is 9.94. The molecular weight excluding hydrogens is 284 g/mol. The number of ether oxygens (including phenoxy) is 2. The lowest BCUT2D eigenvalue weighted by Gasteiger charge is -2.46. The predicted molar refractivity (Wildman–Crippen MR) is 73.2 cm³/mol. The summed E-state index contributed by atoms with van der Waals surface area (Å²) in [5.74, 6) is 0.501. The number of carbonyl (C=O) groups is 1. The van der Waals surface area contributed by atoms with E-state index in [0.717, 1.165) is 0 Å². The van der Waals surface area contributed by atoms with Crippen molar-refractivity contribution in [3.05, 3.63) is 11.5 Å². The molecule has 1 amide bonds. The fourth-order valence-corrected chi connectivity index (χ4v) is 2.68. The van der Waals surface area contributed by atoms with Gasteiger partial charge < -0.3 is 19.3 Å². The van der Waals surface area contributed by atoms with Gasteiger partial charge in [-0.2, -0.15) is 4.98 Å². The molecule has 1 aromatic heterocycles. The van der Waals surface area contributed by atoms with Crippen molar-refractivity contribution >= 4 is 29.0 Å². The second-order valence-corrected chi connectivity index (χ2v) is 5.25. The molecule has 0 aliphatic carbocycles. The summed E-state index contributed by atoms with van der Waals surface area (Å²) >= 11 is 5.87. The zero-order valence-electron chi connectivity index (χ0n) is 11.3. The number of halogens is 1. The molecule has 0 aromatic carbocycles. The van der Waals surface area contributed by atoms with E-state index in [9.17, 15) is 4.79 Å². The van der Waals surface area contributed by atoms with Crippen LogP contribution in [0, 0.1) is 0 Å². The fraction of sp³-hybridized carbons (Fsp3) is 0.583. The van der Waals surface area contributed by atoms with Gasteiger partial charge in [0.25, 0.3) is 5.91 Å². The summed E-state index contributed by atoms with van der Waals surface area (Å²) < 4.78 is 11.1. The third-order valence-corrected chi connectivity index (χ3v) is 3.98. The lowest BCUT2D eigenvalue weighted by Crippen LogP contribution is -2.66. The van der Waals surface area contributed by atoms with Gasteiger partial charge in [-0.3, -0.25) is 4.79 Å². The minimum absolute atomic E-state index is 0.0969. The summed E-state index contributed by atoms with van der Waals surface area (Å²) in [6.07, 6.45) is 1.55. The van der Waals surface area contributed by atoms with E-state index in [1.54, 1.807) is 25.2 Å². The molecule has 0 unspecified atom stereocenters. The zero-order chi connectivity index (χ0) is 14.3. The third kappa shape index (κ3) is 1.85. The first-order valence-corrected chi connectivity index (χ1v) is 6.64. The number of nitrogens with zero attached hydrogens (tertiary/aromatic N) is 4. The molecule has 1 fully saturated rings. The predicted octanol–water partition coefficient (Wildman–Crippen LogP) is 0.328. The molecule has 1 saturated heterocycles. The molecule has 0 saturated carbocycles. The van der Waals surface area contributed by atoms with Crippen molar-refractivity contribution in [2.45, 2.75) is 5.54 Å². The number of fused-ring (bicyclic) bond motifs is 1. The molecule has 0 bridgehead atoms. The molecule has 0 radical (unpaired) electrons. The van der Waals surface area contributed by atoms with Crippen molar-refractivity contribution in [1.29, 1.82) is 0 Å². The number of hydrogen-bond donors (Lipinski definition) is 0. The molecule has 8 heteroatoms. The number of aromatic nitrogens is 2. The van der Waals surface area contributed by atoms with Crippen molar-refractivity contribution in [1.82, 2.24) is 9.97 Å². The van der Waals surface area contributed by atoms with Gasteiger partial charge >= 0.3 is 0 Å². The van der Waals surface area contributed by atoms with Gasteiger partial charge in [-0.15, -0.1) is 0 Å². The lowest BCUT2D eigenvalue weighted by molar-refractivity contribution is -0.127. The quantitative estimate of drug-likeness (QED) is 0.643. The standard InChI is InChI=1S/C12H15ClN4O3/c1-16-8-5-14-11(13)15-9(8)17(2)12(10(16)18)6-19-3-4-20-7-12/h5H,3-4,6-7H2,1-2H3. The van der Waals surface area contributed by atoms with Gasteiger partial charge in [-0.25, -0.2) is 4.98 Å². The van der Waals surface area contributed by atoms with Crippen molar-refractivity contribution in [3.63, 3.8) is 0 Å². The van der Waals surface area contributed by atoms with E-state index < -0.39 is 5.54 Å². The van der Waals surface area contributed by atoms with E-state index >= 15 is 0 Å². The van der Waals surface area contributed by atoms with Crippen LogP contribution in [0.15, 0.2) is 6.20 Å². The van der Waals surface area contributed by atoms with Crippen LogP contribution in [0.1, 0.15) is 0 Å². The maximum Gasteiger partial charge on any atom is 0.257 e. The van der Waals surface area contributed by atoms with E-state index in [-0.39, 0.29) is 24.4 Å². The average molecular weight is 299 g/mol. The van der Waals surface area contributed by atoms with Crippen molar-refractivity contribution in [2.75, 3.05) is 50.3 Å². The summed E-state index contributed by atoms with van der Waals surface area (Å²) in [7, 11) is 3.49. The highest BCUT2D eigenvalue weighted by Crippen LogP contribution is 2.38. The Morgan fingerprint density at radius 2 is 1.95 bits per heavy atom. The summed E-state index contributed by atoms with van der Waals surface area (Å²) in [6.45, 7) is 1.47. The highest BCUT2D eigenvalue weighted by Gasteiger charge is 2.51. The topological polar surface area (TPSA) is 67.8 Å². The Balaban J connectivity index is 2.11. The number of carbonyl (C=O) groups excluding carboxylic acids is 1. The Labute approximate surface area is 121 Å². The van der Waals surface area contributed by atoms with Gasteiger partial charge in [-0.05, 0) is 11.6 Å². The van der Waals surface area contributed by atoms with Gasteiger partial charge in [0.15, 0.2) is 11.4 Å². The van der Waals surface area contributed by atoms with E-state index in [1.165, 1.54) is 4.90 Å². The second kappa shape index (κ2) is 4.83. The summed E-state index contributed by atoms with van der Waals surface area (Å²) in [4.78, 5) is 24.2.